The van der Waals surface area contributed by atoms with Crippen molar-refractivity contribution in [3.8, 4) is 0 Å². The van der Waals surface area contributed by atoms with Crippen molar-refractivity contribution in [1.29, 1.82) is 0 Å². The van der Waals surface area contributed by atoms with Crippen LogP contribution in [0.15, 0.2) is 41.5 Å². The van der Waals surface area contributed by atoms with Crippen LogP contribution in [0.1, 0.15) is 31.2 Å². The maximum Gasteiger partial charge on any atom is 0.328 e. The smallest absolute Gasteiger partial charge is 0.328 e. The highest BCUT2D eigenvalue weighted by Crippen LogP contribution is 2.32. The number of aryl methyl sites for hydroxylation is 2. The van der Waals surface area contributed by atoms with E-state index in [2.05, 4.69) is 40.0 Å². The lowest BCUT2D eigenvalue weighted by molar-refractivity contribution is -0.137. The summed E-state index contributed by atoms with van der Waals surface area (Å²) in [7, 11) is 1.85. The molecule has 33 heavy (non-hydrogen) atoms. The molecule has 5 rings (SSSR count). The molecule has 0 N–H and O–H groups in total. The highest BCUT2D eigenvalue weighted by molar-refractivity contribution is 5.79. The Kier molecular flexibility index (Phi) is 5.91. The van der Waals surface area contributed by atoms with E-state index in [1.54, 1.807) is 17.0 Å². The van der Waals surface area contributed by atoms with Crippen LogP contribution in [-0.2, 0) is 18.4 Å². The molecule has 1 saturated carbocycles. The molecule has 2 aromatic heterocycles. The molecule has 1 saturated heterocycles. The standard InChI is InChI=1S/C25H32N6O2/c1-18-4-9-21-22(16-18)28(2)25(33)31(21)17-19-5-7-20(8-6-19)23(32)29-12-14-30(15-13-29)24-26-10-3-11-27-24/h3-4,9-11,16,19-20H,5-8,12-15,17H2,1-2H3. The molecule has 2 aliphatic rings. The van der Waals surface area contributed by atoms with Gasteiger partial charge in [-0.1, -0.05) is 6.07 Å². The number of piperazine rings is 1. The number of anilines is 1. The lowest BCUT2D eigenvalue weighted by Crippen LogP contribution is -2.51. The second-order valence-corrected chi connectivity index (χ2v) is 9.52. The van der Waals surface area contributed by atoms with Crippen molar-refractivity contribution < 1.29 is 4.79 Å². The van der Waals surface area contributed by atoms with E-state index < -0.39 is 0 Å². The van der Waals surface area contributed by atoms with Gasteiger partial charge in [0.25, 0.3) is 0 Å². The monoisotopic (exact) mass is 448 g/mol. The highest BCUT2D eigenvalue weighted by Gasteiger charge is 2.32. The highest BCUT2D eigenvalue weighted by atomic mass is 16.2. The van der Waals surface area contributed by atoms with Crippen molar-refractivity contribution in [1.82, 2.24) is 24.0 Å². The first-order valence-electron chi connectivity index (χ1n) is 12.0. The van der Waals surface area contributed by atoms with Crippen molar-refractivity contribution >= 4 is 22.9 Å². The summed E-state index contributed by atoms with van der Waals surface area (Å²) in [6, 6.07) is 8.02. The number of aromatic nitrogens is 4. The molecule has 3 heterocycles. The number of fused-ring (bicyclic) bond motifs is 1. The van der Waals surface area contributed by atoms with E-state index in [4.69, 9.17) is 0 Å². The zero-order chi connectivity index (χ0) is 22.9. The Hall–Kier alpha value is -3.16. The first kappa shape index (κ1) is 21.7. The van der Waals surface area contributed by atoms with Crippen LogP contribution in [0.25, 0.3) is 11.0 Å². The first-order valence-corrected chi connectivity index (χ1v) is 12.0. The van der Waals surface area contributed by atoms with Crippen LogP contribution < -0.4 is 10.6 Å². The van der Waals surface area contributed by atoms with Gasteiger partial charge in [0, 0.05) is 58.1 Å². The number of carbonyl (C=O) groups is 1. The van der Waals surface area contributed by atoms with Crippen molar-refractivity contribution in [3.05, 3.63) is 52.7 Å². The Morgan fingerprint density at radius 1 is 1.00 bits per heavy atom. The molecular formula is C25H32N6O2. The summed E-state index contributed by atoms with van der Waals surface area (Å²) in [5.74, 6) is 1.57. The number of carbonyl (C=O) groups excluding carboxylic acids is 1. The fraction of sp³-hybridized carbons (Fsp3) is 0.520. The molecule has 0 atom stereocenters. The molecule has 8 nitrogen and oxygen atoms in total. The van der Waals surface area contributed by atoms with Gasteiger partial charge in [-0.3, -0.25) is 13.9 Å². The number of hydrogen-bond acceptors (Lipinski definition) is 5. The number of nitrogens with zero attached hydrogens (tertiary/aromatic N) is 6. The van der Waals surface area contributed by atoms with Gasteiger partial charge in [0.15, 0.2) is 0 Å². The number of benzene rings is 1. The van der Waals surface area contributed by atoms with Crippen molar-refractivity contribution in [2.75, 3.05) is 31.1 Å². The van der Waals surface area contributed by atoms with Gasteiger partial charge in [-0.15, -0.1) is 0 Å². The average Bonchev–Trinajstić information content (AvgIpc) is 3.09. The van der Waals surface area contributed by atoms with Crippen molar-refractivity contribution in [3.63, 3.8) is 0 Å². The van der Waals surface area contributed by atoms with Gasteiger partial charge in [-0.05, 0) is 62.3 Å². The Morgan fingerprint density at radius 2 is 1.70 bits per heavy atom. The third kappa shape index (κ3) is 4.26. The van der Waals surface area contributed by atoms with E-state index in [-0.39, 0.29) is 11.6 Å². The quantitative estimate of drug-likeness (QED) is 0.613. The minimum atomic E-state index is 0.0501. The Labute approximate surface area is 193 Å². The number of hydrogen-bond donors (Lipinski definition) is 0. The lowest BCUT2D eigenvalue weighted by atomic mass is 9.81. The molecule has 174 valence electrons. The molecule has 0 bridgehead atoms. The molecule has 1 aromatic carbocycles. The first-order chi connectivity index (χ1) is 16.0. The zero-order valence-electron chi connectivity index (χ0n) is 19.5. The van der Waals surface area contributed by atoms with Crippen LogP contribution in [-0.4, -0.2) is 56.1 Å². The van der Waals surface area contributed by atoms with Gasteiger partial charge in [-0.25, -0.2) is 14.8 Å². The van der Waals surface area contributed by atoms with Crippen molar-refractivity contribution in [2.24, 2.45) is 18.9 Å². The van der Waals surface area contributed by atoms with Gasteiger partial charge >= 0.3 is 5.69 Å². The number of rotatable bonds is 4. The average molecular weight is 449 g/mol. The Bertz CT molecular complexity index is 1180. The zero-order valence-corrected chi connectivity index (χ0v) is 19.5. The topological polar surface area (TPSA) is 76.3 Å². The minimum Gasteiger partial charge on any atom is -0.339 e. The third-order valence-corrected chi connectivity index (χ3v) is 7.36. The van der Waals surface area contributed by atoms with E-state index >= 15 is 0 Å². The van der Waals surface area contributed by atoms with Crippen LogP contribution in [0, 0.1) is 18.8 Å². The predicted octanol–water partition coefficient (Wildman–Crippen LogP) is 2.59. The SMILES string of the molecule is Cc1ccc2c(c1)n(C)c(=O)n2CC1CCC(C(=O)N2CCN(c3ncccn3)CC2)CC1. The van der Waals surface area contributed by atoms with Crippen LogP contribution in [0.4, 0.5) is 5.95 Å². The maximum absolute atomic E-state index is 13.1. The molecule has 1 aliphatic carbocycles. The molecule has 0 spiro atoms. The number of imidazole rings is 1. The summed E-state index contributed by atoms with van der Waals surface area (Å²) in [6.07, 6.45) is 7.30. The second-order valence-electron chi connectivity index (χ2n) is 9.52. The fourth-order valence-corrected chi connectivity index (χ4v) is 5.38. The maximum atomic E-state index is 13.1. The molecule has 1 amide bonds. The van der Waals surface area contributed by atoms with Gasteiger partial charge in [0.2, 0.25) is 11.9 Å². The fourth-order valence-electron chi connectivity index (χ4n) is 5.38. The summed E-state index contributed by atoms with van der Waals surface area (Å²) in [5.41, 5.74) is 3.20. The Morgan fingerprint density at radius 3 is 2.39 bits per heavy atom. The lowest BCUT2D eigenvalue weighted by Gasteiger charge is -2.37. The van der Waals surface area contributed by atoms with Crippen molar-refractivity contribution in [2.45, 2.75) is 39.2 Å². The molecule has 1 aliphatic heterocycles. The molecule has 3 aromatic rings. The van der Waals surface area contributed by atoms with Gasteiger partial charge in [-0.2, -0.15) is 0 Å². The molecule has 2 fully saturated rings. The molecule has 0 radical (unpaired) electrons. The van der Waals surface area contributed by atoms with Gasteiger partial charge in [0.1, 0.15) is 0 Å². The molecule has 8 heteroatoms. The summed E-state index contributed by atoms with van der Waals surface area (Å²) < 4.78 is 3.67. The second kappa shape index (κ2) is 9.00. The Balaban J connectivity index is 1.17. The summed E-state index contributed by atoms with van der Waals surface area (Å²) in [5, 5.41) is 0. The van der Waals surface area contributed by atoms with Gasteiger partial charge < -0.3 is 9.80 Å². The van der Waals surface area contributed by atoms with Gasteiger partial charge in [0.05, 0.1) is 11.0 Å². The normalized spacial score (nSPS) is 21.5. The van der Waals surface area contributed by atoms with Crippen LogP contribution in [0.5, 0.6) is 0 Å². The van der Waals surface area contributed by atoms with Crippen LogP contribution >= 0.6 is 0 Å². The van der Waals surface area contributed by atoms with E-state index in [0.717, 1.165) is 81.0 Å². The summed E-state index contributed by atoms with van der Waals surface area (Å²) in [4.78, 5) is 38.8. The van der Waals surface area contributed by atoms with Crippen LogP contribution in [0.3, 0.4) is 0 Å². The molecule has 0 unspecified atom stereocenters. The summed E-state index contributed by atoms with van der Waals surface area (Å²) in [6.45, 7) is 5.78. The minimum absolute atomic E-state index is 0.0501. The van der Waals surface area contributed by atoms with Crippen LogP contribution in [0.2, 0.25) is 0 Å². The third-order valence-electron chi connectivity index (χ3n) is 7.36. The van der Waals surface area contributed by atoms with E-state index in [9.17, 15) is 9.59 Å². The van der Waals surface area contributed by atoms with E-state index in [1.807, 2.05) is 22.6 Å². The van der Waals surface area contributed by atoms with E-state index in [1.165, 1.54) is 0 Å². The summed E-state index contributed by atoms with van der Waals surface area (Å²) >= 11 is 0. The largest absolute Gasteiger partial charge is 0.339 e. The number of amides is 1. The predicted molar refractivity (Wildman–Crippen MR) is 128 cm³/mol. The molecular weight excluding hydrogens is 416 g/mol. The van der Waals surface area contributed by atoms with E-state index in [0.29, 0.717) is 11.8 Å².